The molecule has 2 atom stereocenters. The van der Waals surface area contributed by atoms with Crippen molar-refractivity contribution in [3.63, 3.8) is 0 Å². The average molecular weight is 280 g/mol. The smallest absolute Gasteiger partial charge is 0.345 e. The first kappa shape index (κ1) is 16.6. The normalized spacial score (nSPS) is 14.4. The van der Waals surface area contributed by atoms with Crippen LogP contribution < -0.4 is 0 Å². The molecule has 0 aliphatic heterocycles. The predicted octanol–water partition coefficient (Wildman–Crippen LogP) is 1.94. The van der Waals surface area contributed by atoms with Crippen molar-refractivity contribution in [1.82, 2.24) is 0 Å². The zero-order valence-electron chi connectivity index (χ0n) is 10.4. The van der Waals surface area contributed by atoms with E-state index in [4.69, 9.17) is 9.84 Å². The summed E-state index contributed by atoms with van der Waals surface area (Å²) in [6.07, 6.45) is -1.06. The molecule has 0 fully saturated rings. The molecule has 1 N–H and O–H groups in total. The Labute approximate surface area is 112 Å². The number of ether oxygens (including phenoxy) is 1. The van der Waals surface area contributed by atoms with E-state index >= 15 is 0 Å². The van der Waals surface area contributed by atoms with Crippen molar-refractivity contribution in [2.75, 3.05) is 17.3 Å². The van der Waals surface area contributed by atoms with E-state index in [1.165, 1.54) is 11.8 Å². The molecular formula is C11H20O4S2. The highest BCUT2D eigenvalue weighted by atomic mass is 32.2. The third-order valence-corrected chi connectivity index (χ3v) is 3.92. The summed E-state index contributed by atoms with van der Waals surface area (Å²) in [5, 5.41) is 8.93. The lowest BCUT2D eigenvalue weighted by atomic mass is 10.2. The molecule has 0 bridgehead atoms. The number of thioether (sulfide) groups is 1. The van der Waals surface area contributed by atoms with E-state index in [0.29, 0.717) is 17.4 Å². The quantitative estimate of drug-likeness (QED) is 0.525. The van der Waals surface area contributed by atoms with Gasteiger partial charge in [0.15, 0.2) is 0 Å². The van der Waals surface area contributed by atoms with Gasteiger partial charge in [-0.2, -0.15) is 24.4 Å². The molecule has 100 valence electrons. The van der Waals surface area contributed by atoms with Gasteiger partial charge in [0.05, 0.1) is 5.92 Å². The number of esters is 1. The fourth-order valence-corrected chi connectivity index (χ4v) is 2.08. The molecule has 17 heavy (non-hydrogen) atoms. The Morgan fingerprint density at radius 1 is 1.29 bits per heavy atom. The Morgan fingerprint density at radius 2 is 1.88 bits per heavy atom. The third-order valence-electron chi connectivity index (χ3n) is 1.93. The second-order valence-electron chi connectivity index (χ2n) is 4.28. The predicted molar refractivity (Wildman–Crippen MR) is 72.7 cm³/mol. The highest BCUT2D eigenvalue weighted by Crippen LogP contribution is 2.13. The van der Waals surface area contributed by atoms with E-state index in [9.17, 15) is 9.59 Å². The van der Waals surface area contributed by atoms with Crippen molar-refractivity contribution in [3.05, 3.63) is 0 Å². The number of carbonyl (C=O) groups is 2. The third kappa shape index (κ3) is 7.54. The molecule has 4 nitrogen and oxygen atoms in total. The molecule has 0 aliphatic carbocycles. The first-order valence-corrected chi connectivity index (χ1v) is 7.29. The topological polar surface area (TPSA) is 63.6 Å². The van der Waals surface area contributed by atoms with E-state index in [1.54, 1.807) is 6.92 Å². The molecule has 0 aliphatic rings. The minimum Gasteiger partial charge on any atom is -0.478 e. The number of carboxylic acid groups (broad SMARTS) is 1. The summed E-state index contributed by atoms with van der Waals surface area (Å²) in [4.78, 5) is 22.4. The van der Waals surface area contributed by atoms with E-state index in [1.807, 2.05) is 0 Å². The molecule has 0 saturated heterocycles. The molecule has 0 rings (SSSR count). The molecule has 1 unspecified atom stereocenters. The van der Waals surface area contributed by atoms with Crippen molar-refractivity contribution in [2.24, 2.45) is 11.8 Å². The summed E-state index contributed by atoms with van der Waals surface area (Å²) in [5.41, 5.74) is 0. The van der Waals surface area contributed by atoms with Crippen LogP contribution in [-0.4, -0.2) is 40.4 Å². The molecule has 0 saturated carbocycles. The molecule has 0 spiro atoms. The number of aliphatic carboxylic acids is 1. The van der Waals surface area contributed by atoms with Crippen LogP contribution in [0.15, 0.2) is 0 Å². The molecule has 0 aromatic carbocycles. The Hall–Kier alpha value is -0.360. The van der Waals surface area contributed by atoms with Gasteiger partial charge in [0.1, 0.15) is 0 Å². The van der Waals surface area contributed by atoms with Gasteiger partial charge < -0.3 is 9.84 Å². The van der Waals surface area contributed by atoms with Crippen LogP contribution >= 0.6 is 24.4 Å². The SMILES string of the molecule is CC(C)CSCC(OC(=O)[C@@H](C)CS)C(=O)O. The highest BCUT2D eigenvalue weighted by Gasteiger charge is 2.24. The van der Waals surface area contributed by atoms with Crippen molar-refractivity contribution in [1.29, 1.82) is 0 Å². The van der Waals surface area contributed by atoms with E-state index in [0.717, 1.165) is 5.75 Å². The zero-order valence-corrected chi connectivity index (χ0v) is 12.1. The number of carboxylic acids is 1. The molecule has 0 aromatic heterocycles. The summed E-state index contributed by atoms with van der Waals surface area (Å²) in [7, 11) is 0. The Balaban J connectivity index is 4.16. The van der Waals surface area contributed by atoms with Crippen molar-refractivity contribution in [3.8, 4) is 0 Å². The Bertz CT molecular complexity index is 256. The van der Waals surface area contributed by atoms with Crippen LogP contribution in [0.1, 0.15) is 20.8 Å². The number of hydrogen-bond donors (Lipinski definition) is 2. The summed E-state index contributed by atoms with van der Waals surface area (Å²) < 4.78 is 4.94. The molecule has 6 heteroatoms. The van der Waals surface area contributed by atoms with Gasteiger partial charge in [0, 0.05) is 11.5 Å². The summed E-state index contributed by atoms with van der Waals surface area (Å²) in [6.45, 7) is 5.77. The lowest BCUT2D eigenvalue weighted by Gasteiger charge is -2.16. The van der Waals surface area contributed by atoms with Gasteiger partial charge in [0.25, 0.3) is 0 Å². The summed E-state index contributed by atoms with van der Waals surface area (Å²) in [6, 6.07) is 0. The van der Waals surface area contributed by atoms with Crippen LogP contribution in [0, 0.1) is 11.8 Å². The Morgan fingerprint density at radius 3 is 2.29 bits per heavy atom. The van der Waals surface area contributed by atoms with Gasteiger partial charge in [-0.1, -0.05) is 20.8 Å². The molecule has 0 aromatic rings. The minimum absolute atomic E-state index is 0.290. The largest absolute Gasteiger partial charge is 0.478 e. The highest BCUT2D eigenvalue weighted by molar-refractivity contribution is 7.99. The molecule has 0 amide bonds. The maximum atomic E-state index is 11.4. The fourth-order valence-electron chi connectivity index (χ4n) is 0.897. The van der Waals surface area contributed by atoms with Gasteiger partial charge in [-0.05, 0) is 11.7 Å². The van der Waals surface area contributed by atoms with Gasteiger partial charge in [-0.25, -0.2) is 4.79 Å². The first-order valence-electron chi connectivity index (χ1n) is 5.50. The van der Waals surface area contributed by atoms with E-state index < -0.39 is 18.0 Å². The van der Waals surface area contributed by atoms with Crippen LogP contribution in [0.4, 0.5) is 0 Å². The number of thiol groups is 1. The average Bonchev–Trinajstić information content (AvgIpc) is 2.25. The van der Waals surface area contributed by atoms with Gasteiger partial charge in [0.2, 0.25) is 6.10 Å². The standard InChI is InChI=1S/C11H20O4S2/c1-7(2)5-17-6-9(10(12)13)15-11(14)8(3)4-16/h7-9,16H,4-6H2,1-3H3,(H,12,13)/t8-,9?/m0/s1. The zero-order chi connectivity index (χ0) is 13.4. The van der Waals surface area contributed by atoms with Crippen molar-refractivity contribution in [2.45, 2.75) is 26.9 Å². The maximum absolute atomic E-state index is 11.4. The maximum Gasteiger partial charge on any atom is 0.345 e. The monoisotopic (exact) mass is 280 g/mol. The number of hydrogen-bond acceptors (Lipinski definition) is 5. The molecule has 0 radical (unpaired) electrons. The van der Waals surface area contributed by atoms with Crippen molar-refractivity contribution >= 4 is 36.3 Å². The van der Waals surface area contributed by atoms with Crippen LogP contribution in [0.25, 0.3) is 0 Å². The molecule has 0 heterocycles. The molecular weight excluding hydrogens is 260 g/mol. The fraction of sp³-hybridized carbons (Fsp3) is 0.818. The lowest BCUT2D eigenvalue weighted by Crippen LogP contribution is -2.32. The van der Waals surface area contributed by atoms with Gasteiger partial charge >= 0.3 is 11.9 Å². The van der Waals surface area contributed by atoms with Crippen LogP contribution in [0.3, 0.4) is 0 Å². The van der Waals surface area contributed by atoms with Crippen LogP contribution in [0.5, 0.6) is 0 Å². The lowest BCUT2D eigenvalue weighted by molar-refractivity contribution is -0.164. The van der Waals surface area contributed by atoms with Crippen LogP contribution in [-0.2, 0) is 14.3 Å². The van der Waals surface area contributed by atoms with Crippen molar-refractivity contribution < 1.29 is 19.4 Å². The number of carbonyl (C=O) groups excluding carboxylic acids is 1. The second kappa shape index (κ2) is 8.69. The van der Waals surface area contributed by atoms with E-state index in [-0.39, 0.29) is 5.92 Å². The number of rotatable bonds is 8. The van der Waals surface area contributed by atoms with Gasteiger partial charge in [-0.3, -0.25) is 4.79 Å². The Kier molecular flexibility index (Phi) is 8.51. The summed E-state index contributed by atoms with van der Waals surface area (Å²) in [5.74, 6) is 0.00191. The van der Waals surface area contributed by atoms with E-state index in [2.05, 4.69) is 26.5 Å². The first-order chi connectivity index (χ1) is 7.88. The summed E-state index contributed by atoms with van der Waals surface area (Å²) >= 11 is 5.45. The van der Waals surface area contributed by atoms with Gasteiger partial charge in [-0.15, -0.1) is 0 Å². The minimum atomic E-state index is -1.10. The van der Waals surface area contributed by atoms with Crippen LogP contribution in [0.2, 0.25) is 0 Å². The second-order valence-corrected chi connectivity index (χ2v) is 5.72.